The topological polar surface area (TPSA) is 9.23 Å². The number of aryl methyl sites for hydroxylation is 1. The fourth-order valence-electron chi connectivity index (χ4n) is 1.88. The van der Waals surface area contributed by atoms with E-state index in [2.05, 4.69) is 0 Å². The summed E-state index contributed by atoms with van der Waals surface area (Å²) in [7, 11) is 1.56. The summed E-state index contributed by atoms with van der Waals surface area (Å²) < 4.78 is 31.8. The van der Waals surface area contributed by atoms with E-state index in [-0.39, 0.29) is 5.56 Å². The van der Waals surface area contributed by atoms with Crippen LogP contribution in [0.3, 0.4) is 0 Å². The van der Waals surface area contributed by atoms with Gasteiger partial charge in [-0.15, -0.1) is 11.6 Å². The normalized spacial score (nSPS) is 12.3. The number of ether oxygens (including phenoxy) is 1. The largest absolute Gasteiger partial charge is 0.496 e. The molecular formula is C15H13ClF2O. The highest BCUT2D eigenvalue weighted by molar-refractivity contribution is 6.22. The Hall–Kier alpha value is -1.61. The van der Waals surface area contributed by atoms with E-state index in [1.54, 1.807) is 19.2 Å². The van der Waals surface area contributed by atoms with Gasteiger partial charge in [-0.1, -0.05) is 18.2 Å². The molecule has 2 aromatic rings. The Balaban J connectivity index is 2.40. The Bertz CT molecular complexity index is 599. The second-order valence-electron chi connectivity index (χ2n) is 4.26. The van der Waals surface area contributed by atoms with Gasteiger partial charge in [0.15, 0.2) is 0 Å². The van der Waals surface area contributed by atoms with Gasteiger partial charge in [0.05, 0.1) is 12.5 Å². The first-order valence-electron chi connectivity index (χ1n) is 5.76. The minimum absolute atomic E-state index is 0.244. The number of hydrogen-bond acceptors (Lipinski definition) is 1. The molecule has 0 fully saturated rings. The number of hydrogen-bond donors (Lipinski definition) is 0. The average molecular weight is 283 g/mol. The molecule has 19 heavy (non-hydrogen) atoms. The van der Waals surface area contributed by atoms with Crippen LogP contribution >= 0.6 is 11.6 Å². The first-order chi connectivity index (χ1) is 9.02. The molecule has 0 aromatic heterocycles. The van der Waals surface area contributed by atoms with Gasteiger partial charge in [-0.3, -0.25) is 0 Å². The maximum atomic E-state index is 13.7. The molecule has 0 aliphatic heterocycles. The first kappa shape index (κ1) is 13.8. The SMILES string of the molecule is COc1cc(C(Cl)c2ccc(F)cc2F)ccc1C. The molecule has 0 bridgehead atoms. The van der Waals surface area contributed by atoms with E-state index in [0.29, 0.717) is 11.3 Å². The molecule has 0 radical (unpaired) electrons. The second kappa shape index (κ2) is 5.57. The van der Waals surface area contributed by atoms with Gasteiger partial charge >= 0.3 is 0 Å². The van der Waals surface area contributed by atoms with Crippen molar-refractivity contribution >= 4 is 11.6 Å². The third-order valence-electron chi connectivity index (χ3n) is 2.96. The summed E-state index contributed by atoms with van der Waals surface area (Å²) in [5, 5.41) is -0.685. The third-order valence-corrected chi connectivity index (χ3v) is 3.45. The van der Waals surface area contributed by atoms with E-state index in [0.717, 1.165) is 11.6 Å². The van der Waals surface area contributed by atoms with Crippen molar-refractivity contribution in [2.75, 3.05) is 7.11 Å². The van der Waals surface area contributed by atoms with Gasteiger partial charge in [0.25, 0.3) is 0 Å². The van der Waals surface area contributed by atoms with Crippen LogP contribution in [0.4, 0.5) is 8.78 Å². The van der Waals surface area contributed by atoms with E-state index in [1.807, 2.05) is 13.0 Å². The Labute approximate surface area is 115 Å². The van der Waals surface area contributed by atoms with Crippen LogP contribution in [0.15, 0.2) is 36.4 Å². The van der Waals surface area contributed by atoms with Gasteiger partial charge in [-0.25, -0.2) is 8.78 Å². The van der Waals surface area contributed by atoms with Crippen LogP contribution in [0.5, 0.6) is 5.75 Å². The molecule has 0 amide bonds. The standard InChI is InChI=1S/C15H13ClF2O/c1-9-3-4-10(7-14(9)19-2)15(16)12-6-5-11(17)8-13(12)18/h3-8,15H,1-2H3. The molecule has 2 aromatic carbocycles. The van der Waals surface area contributed by atoms with Gasteiger partial charge in [-0.05, 0) is 30.2 Å². The van der Waals surface area contributed by atoms with Crippen LogP contribution in [0.25, 0.3) is 0 Å². The lowest BCUT2D eigenvalue weighted by Gasteiger charge is -2.14. The quantitative estimate of drug-likeness (QED) is 0.747. The monoisotopic (exact) mass is 282 g/mol. The van der Waals surface area contributed by atoms with E-state index in [1.165, 1.54) is 12.1 Å². The zero-order chi connectivity index (χ0) is 14.0. The molecule has 2 rings (SSSR count). The summed E-state index contributed by atoms with van der Waals surface area (Å²) in [5.41, 5.74) is 1.92. The summed E-state index contributed by atoms with van der Waals surface area (Å²) in [6, 6.07) is 8.79. The molecular weight excluding hydrogens is 270 g/mol. The highest BCUT2D eigenvalue weighted by Crippen LogP contribution is 2.33. The smallest absolute Gasteiger partial charge is 0.131 e. The van der Waals surface area contributed by atoms with Crippen LogP contribution in [-0.2, 0) is 0 Å². The number of rotatable bonds is 3. The van der Waals surface area contributed by atoms with Crippen molar-refractivity contribution in [2.45, 2.75) is 12.3 Å². The number of halogens is 3. The molecule has 0 N–H and O–H groups in total. The summed E-state index contributed by atoms with van der Waals surface area (Å²) in [6.45, 7) is 1.91. The lowest BCUT2D eigenvalue weighted by Crippen LogP contribution is -1.99. The Morgan fingerprint density at radius 2 is 1.84 bits per heavy atom. The Kier molecular flexibility index (Phi) is 4.05. The fourth-order valence-corrected chi connectivity index (χ4v) is 2.19. The molecule has 0 saturated carbocycles. The Morgan fingerprint density at radius 3 is 2.47 bits per heavy atom. The van der Waals surface area contributed by atoms with E-state index in [4.69, 9.17) is 16.3 Å². The molecule has 1 unspecified atom stereocenters. The summed E-state index contributed by atoms with van der Waals surface area (Å²) in [5.74, 6) is -0.586. The lowest BCUT2D eigenvalue weighted by molar-refractivity contribution is 0.411. The molecule has 0 aliphatic carbocycles. The highest BCUT2D eigenvalue weighted by Gasteiger charge is 2.17. The average Bonchev–Trinajstić information content (AvgIpc) is 2.38. The molecule has 0 spiro atoms. The van der Waals surface area contributed by atoms with E-state index < -0.39 is 17.0 Å². The van der Waals surface area contributed by atoms with Crippen molar-refractivity contribution in [1.29, 1.82) is 0 Å². The summed E-state index contributed by atoms with van der Waals surface area (Å²) >= 11 is 6.25. The second-order valence-corrected chi connectivity index (χ2v) is 4.69. The fraction of sp³-hybridized carbons (Fsp3) is 0.200. The van der Waals surface area contributed by atoms with Gasteiger partial charge in [0, 0.05) is 11.6 Å². The summed E-state index contributed by atoms with van der Waals surface area (Å²) in [4.78, 5) is 0. The van der Waals surface area contributed by atoms with Crippen LogP contribution < -0.4 is 4.74 Å². The number of methoxy groups -OCH3 is 1. The van der Waals surface area contributed by atoms with Gasteiger partial charge in [-0.2, -0.15) is 0 Å². The predicted molar refractivity (Wildman–Crippen MR) is 71.8 cm³/mol. The zero-order valence-electron chi connectivity index (χ0n) is 10.6. The van der Waals surface area contributed by atoms with Gasteiger partial charge < -0.3 is 4.74 Å². The van der Waals surface area contributed by atoms with Crippen molar-refractivity contribution in [3.05, 3.63) is 64.7 Å². The van der Waals surface area contributed by atoms with Gasteiger partial charge in [0.1, 0.15) is 17.4 Å². The maximum absolute atomic E-state index is 13.7. The minimum Gasteiger partial charge on any atom is -0.496 e. The number of benzene rings is 2. The Morgan fingerprint density at radius 1 is 1.11 bits per heavy atom. The molecule has 1 nitrogen and oxygen atoms in total. The van der Waals surface area contributed by atoms with E-state index >= 15 is 0 Å². The van der Waals surface area contributed by atoms with Crippen molar-refractivity contribution in [3.8, 4) is 5.75 Å². The van der Waals surface area contributed by atoms with Crippen LogP contribution in [-0.4, -0.2) is 7.11 Å². The van der Waals surface area contributed by atoms with Crippen LogP contribution in [0, 0.1) is 18.6 Å². The van der Waals surface area contributed by atoms with E-state index in [9.17, 15) is 8.78 Å². The molecule has 4 heteroatoms. The molecule has 1 atom stereocenters. The van der Waals surface area contributed by atoms with Crippen molar-refractivity contribution in [1.82, 2.24) is 0 Å². The molecule has 0 aliphatic rings. The van der Waals surface area contributed by atoms with Crippen molar-refractivity contribution in [3.63, 3.8) is 0 Å². The molecule has 100 valence electrons. The lowest BCUT2D eigenvalue weighted by atomic mass is 10.0. The third kappa shape index (κ3) is 2.87. The maximum Gasteiger partial charge on any atom is 0.131 e. The molecule has 0 heterocycles. The summed E-state index contributed by atoms with van der Waals surface area (Å²) in [6.07, 6.45) is 0. The first-order valence-corrected chi connectivity index (χ1v) is 6.20. The van der Waals surface area contributed by atoms with Crippen LogP contribution in [0.2, 0.25) is 0 Å². The molecule has 0 saturated heterocycles. The predicted octanol–water partition coefficient (Wildman–Crippen LogP) is 4.61. The zero-order valence-corrected chi connectivity index (χ0v) is 11.3. The van der Waals surface area contributed by atoms with Crippen molar-refractivity contribution < 1.29 is 13.5 Å². The minimum atomic E-state index is -0.685. The highest BCUT2D eigenvalue weighted by atomic mass is 35.5. The van der Waals surface area contributed by atoms with Gasteiger partial charge in [0.2, 0.25) is 0 Å². The van der Waals surface area contributed by atoms with Crippen LogP contribution in [0.1, 0.15) is 22.1 Å². The number of alkyl halides is 1. The van der Waals surface area contributed by atoms with Crippen molar-refractivity contribution in [2.24, 2.45) is 0 Å².